The number of pyridine rings is 1. The highest BCUT2D eigenvalue weighted by Crippen LogP contribution is 2.45. The van der Waals surface area contributed by atoms with Crippen LogP contribution in [-0.2, 0) is 22.4 Å². The topological polar surface area (TPSA) is 64.1 Å². The van der Waals surface area contributed by atoms with Crippen molar-refractivity contribution in [3.05, 3.63) is 58.0 Å². The Labute approximate surface area is 221 Å². The minimum Gasteiger partial charge on any atom is -0.385 e. The average Bonchev–Trinajstić information content (AvgIpc) is 3.44. The van der Waals surface area contributed by atoms with E-state index in [1.165, 1.54) is 25.6 Å². The lowest BCUT2D eigenvalue weighted by atomic mass is 9.94. The van der Waals surface area contributed by atoms with E-state index in [-0.39, 0.29) is 6.04 Å². The smallest absolute Gasteiger partial charge is 0.138 e. The highest BCUT2D eigenvalue weighted by molar-refractivity contribution is 7.22. The summed E-state index contributed by atoms with van der Waals surface area (Å²) in [4.78, 5) is 24.9. The number of hydrogen-bond acceptors (Lipinski definition) is 7. The Bertz CT molecular complexity index is 1350. The number of Topliss-reactive ketones (excluding diaryl/α,β-unsaturated/α-hetero) is 1. The number of unbranched alkanes of at least 4 members (excludes halogenated alkanes) is 2. The summed E-state index contributed by atoms with van der Waals surface area (Å²) in [6.07, 6.45) is 8.74. The first-order valence-electron chi connectivity index (χ1n) is 12.8. The number of benzene rings is 1. The molecule has 0 radical (unpaired) electrons. The van der Waals surface area contributed by atoms with Crippen molar-refractivity contribution in [2.24, 2.45) is 0 Å². The molecule has 0 spiro atoms. The molecule has 1 N–H and O–H groups in total. The van der Waals surface area contributed by atoms with E-state index in [0.29, 0.717) is 24.7 Å². The Kier molecular flexibility index (Phi) is 7.91. The molecule has 3 aromatic heterocycles. The molecule has 0 fully saturated rings. The number of fused-ring (bicyclic) bond motifs is 2. The second-order valence-electron chi connectivity index (χ2n) is 9.70. The quantitative estimate of drug-likeness (QED) is 0.229. The van der Waals surface area contributed by atoms with E-state index in [1.807, 2.05) is 23.6 Å². The van der Waals surface area contributed by atoms with Crippen LogP contribution in [0.5, 0.6) is 0 Å². The predicted molar refractivity (Wildman–Crippen MR) is 150 cm³/mol. The molecule has 0 saturated carbocycles. The summed E-state index contributed by atoms with van der Waals surface area (Å²) in [5.41, 5.74) is 5.81. The maximum Gasteiger partial charge on any atom is 0.138 e. The van der Waals surface area contributed by atoms with Crippen molar-refractivity contribution in [2.75, 3.05) is 13.7 Å². The summed E-state index contributed by atoms with van der Waals surface area (Å²) < 4.78 is 6.30. The van der Waals surface area contributed by atoms with Crippen LogP contribution in [0.2, 0.25) is 0 Å². The van der Waals surface area contributed by atoms with Gasteiger partial charge in [-0.05, 0) is 62.4 Å². The third-order valence-electron chi connectivity index (χ3n) is 6.81. The lowest BCUT2D eigenvalue weighted by Crippen LogP contribution is -2.35. The molecule has 5 rings (SSSR count). The Morgan fingerprint density at radius 3 is 2.83 bits per heavy atom. The van der Waals surface area contributed by atoms with Crippen molar-refractivity contribution in [3.8, 4) is 21.7 Å². The fourth-order valence-corrected chi connectivity index (χ4v) is 7.57. The van der Waals surface area contributed by atoms with Crippen LogP contribution in [0.1, 0.15) is 60.9 Å². The number of thiophene rings is 1. The molecular weight excluding hydrogens is 486 g/mol. The van der Waals surface area contributed by atoms with Crippen LogP contribution >= 0.6 is 22.7 Å². The molecule has 0 saturated heterocycles. The largest absolute Gasteiger partial charge is 0.385 e. The van der Waals surface area contributed by atoms with Gasteiger partial charge in [0.25, 0.3) is 0 Å². The number of ketones is 1. The summed E-state index contributed by atoms with van der Waals surface area (Å²) in [6.45, 7) is 5.23. The van der Waals surface area contributed by atoms with E-state index in [1.54, 1.807) is 24.6 Å². The number of nitrogens with zero attached hydrogens (tertiary/aromatic N) is 2. The van der Waals surface area contributed by atoms with E-state index in [0.717, 1.165) is 53.9 Å². The molecule has 0 unspecified atom stereocenters. The molecule has 4 heterocycles. The van der Waals surface area contributed by atoms with Crippen LogP contribution in [-0.4, -0.2) is 35.5 Å². The molecule has 7 heteroatoms. The molecule has 0 aliphatic carbocycles. The first-order chi connectivity index (χ1) is 17.5. The van der Waals surface area contributed by atoms with Gasteiger partial charge in [0.2, 0.25) is 0 Å². The van der Waals surface area contributed by atoms with Crippen LogP contribution in [0.4, 0.5) is 0 Å². The number of methoxy groups -OCH3 is 1. The number of aromatic nitrogens is 2. The zero-order valence-electron chi connectivity index (χ0n) is 21.2. The maximum atomic E-state index is 13.0. The third-order valence-corrected chi connectivity index (χ3v) is 9.28. The monoisotopic (exact) mass is 519 g/mol. The van der Waals surface area contributed by atoms with Crippen molar-refractivity contribution < 1.29 is 9.53 Å². The molecule has 1 aromatic carbocycles. The van der Waals surface area contributed by atoms with E-state index in [4.69, 9.17) is 9.72 Å². The number of ether oxygens (including phenoxy) is 1. The summed E-state index contributed by atoms with van der Waals surface area (Å²) in [6, 6.07) is 11.2. The van der Waals surface area contributed by atoms with Crippen LogP contribution in [0.15, 0.2) is 42.7 Å². The average molecular weight is 520 g/mol. The predicted octanol–water partition coefficient (Wildman–Crippen LogP) is 7.00. The molecule has 36 heavy (non-hydrogen) atoms. The van der Waals surface area contributed by atoms with E-state index in [9.17, 15) is 4.79 Å². The standard InChI is InChI=1S/C29H33N3O2S2/c1-18-14-23-27(26(35-28(23)19(2)31-18)16-22(33)9-5-4-6-13-34-3)29-32-24-15-20(10-11-25(24)36-29)21-8-7-12-30-17-21/h7-8,10-12,15,17-19,31H,4-6,9,13-14,16H2,1-3H3/t18-,19+/m1/s1. The lowest BCUT2D eigenvalue weighted by molar-refractivity contribution is -0.118. The summed E-state index contributed by atoms with van der Waals surface area (Å²) in [5, 5.41) is 4.71. The fraction of sp³-hybridized carbons (Fsp3) is 0.414. The number of carbonyl (C=O) groups excluding carboxylic acids is 1. The molecule has 5 nitrogen and oxygen atoms in total. The van der Waals surface area contributed by atoms with Gasteiger partial charge in [0.05, 0.1) is 10.2 Å². The molecule has 0 amide bonds. The van der Waals surface area contributed by atoms with Crippen molar-refractivity contribution in [1.82, 2.24) is 15.3 Å². The minimum absolute atomic E-state index is 0.289. The molecule has 1 aliphatic heterocycles. The summed E-state index contributed by atoms with van der Waals surface area (Å²) in [7, 11) is 1.73. The second kappa shape index (κ2) is 11.3. The molecule has 1 aliphatic rings. The van der Waals surface area contributed by atoms with Crippen LogP contribution < -0.4 is 5.32 Å². The normalized spacial score (nSPS) is 17.4. The Morgan fingerprint density at radius 1 is 1.14 bits per heavy atom. The zero-order chi connectivity index (χ0) is 25.1. The highest BCUT2D eigenvalue weighted by Gasteiger charge is 2.30. The number of rotatable bonds is 10. The van der Waals surface area contributed by atoms with Gasteiger partial charge in [0.1, 0.15) is 10.8 Å². The van der Waals surface area contributed by atoms with Gasteiger partial charge in [-0.2, -0.15) is 0 Å². The van der Waals surface area contributed by atoms with Crippen molar-refractivity contribution in [1.29, 1.82) is 0 Å². The number of hydrogen-bond donors (Lipinski definition) is 1. The van der Waals surface area contributed by atoms with Gasteiger partial charge < -0.3 is 10.1 Å². The molecular formula is C29H33N3O2S2. The molecule has 0 bridgehead atoms. The lowest BCUT2D eigenvalue weighted by Gasteiger charge is -2.26. The Balaban J connectivity index is 1.47. The number of nitrogens with one attached hydrogen (secondary N) is 1. The first-order valence-corrected chi connectivity index (χ1v) is 14.4. The Morgan fingerprint density at radius 2 is 2.03 bits per heavy atom. The number of carbonyl (C=O) groups is 1. The van der Waals surface area contributed by atoms with E-state index in [2.05, 4.69) is 48.4 Å². The highest BCUT2D eigenvalue weighted by atomic mass is 32.1. The maximum absolute atomic E-state index is 13.0. The van der Waals surface area contributed by atoms with Gasteiger partial charge in [0, 0.05) is 71.9 Å². The molecule has 188 valence electrons. The Hall–Kier alpha value is -2.45. The SMILES string of the molecule is COCCCCCC(=O)Cc1sc2c(c1-c1nc3cc(-c4cccnc4)ccc3s1)C[C@@H](C)N[C@H]2C. The minimum atomic E-state index is 0.289. The van der Waals surface area contributed by atoms with Crippen molar-refractivity contribution in [3.63, 3.8) is 0 Å². The first kappa shape index (κ1) is 25.2. The second-order valence-corrected chi connectivity index (χ2v) is 11.9. The van der Waals surface area contributed by atoms with Gasteiger partial charge in [-0.15, -0.1) is 22.7 Å². The van der Waals surface area contributed by atoms with Crippen molar-refractivity contribution >= 4 is 38.7 Å². The van der Waals surface area contributed by atoms with Gasteiger partial charge >= 0.3 is 0 Å². The van der Waals surface area contributed by atoms with Crippen LogP contribution in [0.25, 0.3) is 31.9 Å². The van der Waals surface area contributed by atoms with Gasteiger partial charge in [0.15, 0.2) is 0 Å². The summed E-state index contributed by atoms with van der Waals surface area (Å²) in [5.74, 6) is 0.320. The summed E-state index contributed by atoms with van der Waals surface area (Å²) >= 11 is 3.54. The third kappa shape index (κ3) is 5.44. The van der Waals surface area contributed by atoms with Crippen molar-refractivity contribution in [2.45, 2.75) is 64.5 Å². The van der Waals surface area contributed by atoms with Gasteiger partial charge in [-0.1, -0.05) is 18.6 Å². The fourth-order valence-electron chi connectivity index (χ4n) is 5.09. The van der Waals surface area contributed by atoms with Crippen LogP contribution in [0.3, 0.4) is 0 Å². The molecule has 2 atom stereocenters. The van der Waals surface area contributed by atoms with Gasteiger partial charge in [-0.25, -0.2) is 4.98 Å². The van der Waals surface area contributed by atoms with E-state index >= 15 is 0 Å². The number of thiazole rings is 1. The zero-order valence-corrected chi connectivity index (χ0v) is 22.8. The van der Waals surface area contributed by atoms with Crippen LogP contribution in [0, 0.1) is 0 Å². The molecule has 4 aromatic rings. The van der Waals surface area contributed by atoms with Gasteiger partial charge in [-0.3, -0.25) is 9.78 Å². The van der Waals surface area contributed by atoms with E-state index < -0.39 is 0 Å².